The van der Waals surface area contributed by atoms with Crippen LogP contribution in [0.2, 0.25) is 0 Å². The maximum atomic E-state index is 10.8. The first-order valence-corrected chi connectivity index (χ1v) is 7.86. The molecular weight excluding hydrogens is 300 g/mol. The lowest BCUT2D eigenvalue weighted by Crippen LogP contribution is -2.05. The average Bonchev–Trinajstić information content (AvgIpc) is 2.52. The predicted octanol–water partition coefficient (Wildman–Crippen LogP) is 3.15. The first kappa shape index (κ1) is 20.9. The first-order valence-electron chi connectivity index (χ1n) is 7.86. The average molecular weight is 326 g/mol. The highest BCUT2D eigenvalue weighted by molar-refractivity contribution is 5.72. The van der Waals surface area contributed by atoms with Crippen LogP contribution in [-0.4, -0.2) is 29.2 Å². The molecule has 23 heavy (non-hydrogen) atoms. The highest BCUT2D eigenvalue weighted by Crippen LogP contribution is 2.24. The van der Waals surface area contributed by atoms with Gasteiger partial charge in [0.25, 0.3) is 5.69 Å². The number of benzene rings is 1. The van der Waals surface area contributed by atoms with Gasteiger partial charge in [-0.1, -0.05) is 26.7 Å². The number of nitrogens with two attached hydrogens (primary N) is 1. The molecule has 0 aliphatic heterocycles. The van der Waals surface area contributed by atoms with Crippen LogP contribution >= 0.6 is 0 Å². The van der Waals surface area contributed by atoms with Crippen LogP contribution in [0.1, 0.15) is 45.1 Å². The van der Waals surface area contributed by atoms with Crippen molar-refractivity contribution in [1.82, 2.24) is 0 Å². The van der Waals surface area contributed by atoms with E-state index in [4.69, 9.17) is 15.6 Å². The summed E-state index contributed by atoms with van der Waals surface area (Å²) in [6, 6.07) is 4.19. The Hall–Kier alpha value is -2.15. The normalized spacial score (nSPS) is 9.70. The molecule has 1 rings (SSSR count). The third kappa shape index (κ3) is 8.77. The smallest absolute Gasteiger partial charge is 0.308 e. The zero-order chi connectivity index (χ0) is 17.7. The van der Waals surface area contributed by atoms with E-state index in [0.29, 0.717) is 18.9 Å². The Morgan fingerprint density at radius 3 is 2.48 bits per heavy atom. The molecule has 1 aromatic rings. The van der Waals surface area contributed by atoms with Crippen LogP contribution in [0.25, 0.3) is 0 Å². The summed E-state index contributed by atoms with van der Waals surface area (Å²) in [4.78, 5) is 21.0. The van der Waals surface area contributed by atoms with Gasteiger partial charge in [-0.2, -0.15) is 0 Å². The molecule has 0 spiro atoms. The molecule has 130 valence electrons. The number of rotatable bonds is 10. The van der Waals surface area contributed by atoms with E-state index in [1.54, 1.807) is 0 Å². The van der Waals surface area contributed by atoms with E-state index in [1.165, 1.54) is 18.2 Å². The van der Waals surface area contributed by atoms with E-state index < -0.39 is 17.3 Å². The van der Waals surface area contributed by atoms with Crippen LogP contribution in [0.3, 0.4) is 0 Å². The SMILES string of the molecule is CC.NCCCCCCOc1ccc([N+](=O)[O-])c(CC(=O)O)c1. The molecular formula is C16H26N2O5. The van der Waals surface area contributed by atoms with Crippen LogP contribution in [0.5, 0.6) is 5.75 Å². The second-order valence-corrected chi connectivity index (χ2v) is 4.67. The number of aliphatic carboxylic acids is 1. The topological polar surface area (TPSA) is 116 Å². The van der Waals surface area contributed by atoms with Crippen molar-refractivity contribution in [2.75, 3.05) is 13.2 Å². The Kier molecular flexibility index (Phi) is 11.2. The molecule has 0 saturated heterocycles. The molecule has 0 aromatic heterocycles. The number of carbonyl (C=O) groups is 1. The van der Waals surface area contributed by atoms with E-state index in [1.807, 2.05) is 13.8 Å². The summed E-state index contributed by atoms with van der Waals surface area (Å²) in [5.41, 5.74) is 5.34. The van der Waals surface area contributed by atoms with E-state index >= 15 is 0 Å². The van der Waals surface area contributed by atoms with Gasteiger partial charge in [-0.15, -0.1) is 0 Å². The van der Waals surface area contributed by atoms with Gasteiger partial charge in [-0.3, -0.25) is 14.9 Å². The Morgan fingerprint density at radius 2 is 1.91 bits per heavy atom. The number of nitro benzene ring substituents is 1. The predicted molar refractivity (Wildman–Crippen MR) is 88.8 cm³/mol. The van der Waals surface area contributed by atoms with Crippen molar-refractivity contribution in [3.8, 4) is 5.75 Å². The quantitative estimate of drug-likeness (QED) is 0.387. The minimum atomic E-state index is -1.11. The van der Waals surface area contributed by atoms with Crippen LogP contribution in [0.4, 0.5) is 5.69 Å². The molecule has 0 aliphatic carbocycles. The zero-order valence-electron chi connectivity index (χ0n) is 13.8. The number of hydrogen-bond donors (Lipinski definition) is 2. The van der Waals surface area contributed by atoms with Crippen molar-refractivity contribution >= 4 is 11.7 Å². The lowest BCUT2D eigenvalue weighted by molar-refractivity contribution is -0.385. The minimum Gasteiger partial charge on any atom is -0.494 e. The maximum absolute atomic E-state index is 10.8. The standard InChI is InChI=1S/C14H20N2O5.C2H6/c15-7-3-1-2-4-8-21-12-5-6-13(16(19)20)11(9-12)10-14(17)18;1-2/h5-6,9H,1-4,7-8,10,15H2,(H,17,18);1-2H3. The minimum absolute atomic E-state index is 0.146. The van der Waals surface area contributed by atoms with Crippen molar-refractivity contribution in [3.63, 3.8) is 0 Å². The van der Waals surface area contributed by atoms with Crippen LogP contribution in [0.15, 0.2) is 18.2 Å². The Morgan fingerprint density at radius 1 is 1.26 bits per heavy atom. The summed E-state index contributed by atoms with van der Waals surface area (Å²) < 4.78 is 5.50. The number of carboxylic acids is 1. The second kappa shape index (κ2) is 12.4. The summed E-state index contributed by atoms with van der Waals surface area (Å²) in [5.74, 6) is -0.660. The molecule has 7 heteroatoms. The largest absolute Gasteiger partial charge is 0.494 e. The van der Waals surface area contributed by atoms with E-state index in [9.17, 15) is 14.9 Å². The van der Waals surface area contributed by atoms with Gasteiger partial charge in [-0.25, -0.2) is 0 Å². The molecule has 0 fully saturated rings. The van der Waals surface area contributed by atoms with Gasteiger partial charge in [0, 0.05) is 11.6 Å². The summed E-state index contributed by atoms with van der Waals surface area (Å²) in [6.45, 7) is 5.18. The fraction of sp³-hybridized carbons (Fsp3) is 0.562. The molecule has 0 heterocycles. The van der Waals surface area contributed by atoms with Gasteiger partial charge >= 0.3 is 5.97 Å². The summed E-state index contributed by atoms with van der Waals surface area (Å²) in [7, 11) is 0. The summed E-state index contributed by atoms with van der Waals surface area (Å²) in [6.07, 6.45) is 3.51. The van der Waals surface area contributed by atoms with Crippen molar-refractivity contribution in [2.24, 2.45) is 5.73 Å². The molecule has 0 amide bonds. The lowest BCUT2D eigenvalue weighted by atomic mass is 10.1. The number of nitro groups is 1. The Labute approximate surface area is 136 Å². The van der Waals surface area contributed by atoms with Gasteiger partial charge in [-0.05, 0) is 31.5 Å². The first-order chi connectivity index (χ1) is 11.0. The van der Waals surface area contributed by atoms with Crippen molar-refractivity contribution < 1.29 is 19.6 Å². The molecule has 0 aliphatic rings. The second-order valence-electron chi connectivity index (χ2n) is 4.67. The van der Waals surface area contributed by atoms with Crippen molar-refractivity contribution in [3.05, 3.63) is 33.9 Å². The third-order valence-corrected chi connectivity index (χ3v) is 2.96. The van der Waals surface area contributed by atoms with Crippen LogP contribution in [-0.2, 0) is 11.2 Å². The Balaban J connectivity index is 0.00000232. The van der Waals surface area contributed by atoms with E-state index in [-0.39, 0.29) is 11.3 Å². The molecule has 0 atom stereocenters. The van der Waals surface area contributed by atoms with E-state index in [0.717, 1.165) is 25.7 Å². The Bertz CT molecular complexity index is 491. The van der Waals surface area contributed by atoms with Gasteiger partial charge in [0.15, 0.2) is 0 Å². The number of hydrogen-bond acceptors (Lipinski definition) is 5. The molecule has 7 nitrogen and oxygen atoms in total. The molecule has 0 radical (unpaired) electrons. The number of ether oxygens (including phenoxy) is 1. The highest BCUT2D eigenvalue weighted by atomic mass is 16.6. The van der Waals surface area contributed by atoms with Gasteiger partial charge < -0.3 is 15.6 Å². The van der Waals surface area contributed by atoms with Gasteiger partial charge in [0.05, 0.1) is 18.0 Å². The lowest BCUT2D eigenvalue weighted by Gasteiger charge is -2.08. The highest BCUT2D eigenvalue weighted by Gasteiger charge is 2.17. The maximum Gasteiger partial charge on any atom is 0.308 e. The van der Waals surface area contributed by atoms with Gasteiger partial charge in [0.1, 0.15) is 5.75 Å². The molecule has 0 saturated carbocycles. The number of nitrogens with zero attached hydrogens (tertiary/aromatic N) is 1. The molecule has 3 N–H and O–H groups in total. The van der Waals surface area contributed by atoms with Crippen molar-refractivity contribution in [2.45, 2.75) is 46.0 Å². The van der Waals surface area contributed by atoms with Gasteiger partial charge in [0.2, 0.25) is 0 Å². The fourth-order valence-corrected chi connectivity index (χ4v) is 1.92. The molecule has 0 bridgehead atoms. The van der Waals surface area contributed by atoms with Crippen molar-refractivity contribution in [1.29, 1.82) is 0 Å². The monoisotopic (exact) mass is 326 g/mol. The summed E-state index contributed by atoms with van der Waals surface area (Å²) >= 11 is 0. The fourth-order valence-electron chi connectivity index (χ4n) is 1.92. The van der Waals surface area contributed by atoms with E-state index in [2.05, 4.69) is 0 Å². The number of carboxylic acid groups (broad SMARTS) is 1. The third-order valence-electron chi connectivity index (χ3n) is 2.96. The van der Waals surface area contributed by atoms with Crippen LogP contribution < -0.4 is 10.5 Å². The molecule has 0 unspecified atom stereocenters. The zero-order valence-corrected chi connectivity index (χ0v) is 13.8. The van der Waals surface area contributed by atoms with Crippen LogP contribution in [0, 0.1) is 10.1 Å². The number of unbranched alkanes of at least 4 members (excludes halogenated alkanes) is 3. The molecule has 1 aromatic carbocycles. The summed E-state index contributed by atoms with van der Waals surface area (Å²) in [5, 5.41) is 19.6.